The summed E-state index contributed by atoms with van der Waals surface area (Å²) >= 11 is 0. The average molecular weight is 272 g/mol. The van der Waals surface area contributed by atoms with Gasteiger partial charge in [0.15, 0.2) is 11.5 Å². The van der Waals surface area contributed by atoms with Gasteiger partial charge in [-0.15, -0.1) is 0 Å². The summed E-state index contributed by atoms with van der Waals surface area (Å²) < 4.78 is 16.8. The Morgan fingerprint density at radius 2 is 1.50 bits per heavy atom. The lowest BCUT2D eigenvalue weighted by Crippen LogP contribution is -1.96. The van der Waals surface area contributed by atoms with Crippen LogP contribution in [-0.4, -0.2) is 14.2 Å². The summed E-state index contributed by atoms with van der Waals surface area (Å²) in [7, 11) is 3.31. The molecule has 0 N–H and O–H groups in total. The van der Waals surface area contributed by atoms with Gasteiger partial charge >= 0.3 is 0 Å². The van der Waals surface area contributed by atoms with Crippen molar-refractivity contribution in [3.8, 4) is 23.0 Å². The molecule has 0 aliphatic heterocycles. The van der Waals surface area contributed by atoms with E-state index in [-0.39, 0.29) is 0 Å². The van der Waals surface area contributed by atoms with E-state index < -0.39 is 0 Å². The molecule has 2 aromatic carbocycles. The van der Waals surface area contributed by atoms with Crippen molar-refractivity contribution in [3.63, 3.8) is 0 Å². The molecular formula is C17H20O3. The lowest BCUT2D eigenvalue weighted by molar-refractivity contribution is 0.371. The van der Waals surface area contributed by atoms with E-state index in [9.17, 15) is 0 Å². The lowest BCUT2D eigenvalue weighted by Gasteiger charge is -2.16. The van der Waals surface area contributed by atoms with Crippen LogP contribution in [-0.2, 0) is 0 Å². The van der Waals surface area contributed by atoms with Crippen molar-refractivity contribution in [2.45, 2.75) is 20.8 Å². The Bertz CT molecular complexity index is 618. The van der Waals surface area contributed by atoms with Gasteiger partial charge in [-0.3, -0.25) is 0 Å². The van der Waals surface area contributed by atoms with Crippen LogP contribution < -0.4 is 14.2 Å². The van der Waals surface area contributed by atoms with Gasteiger partial charge in [-0.2, -0.15) is 0 Å². The number of methoxy groups -OCH3 is 2. The summed E-state index contributed by atoms with van der Waals surface area (Å²) in [6.07, 6.45) is 0. The van der Waals surface area contributed by atoms with Gasteiger partial charge in [-0.25, -0.2) is 0 Å². The van der Waals surface area contributed by atoms with Gasteiger partial charge in [0, 0.05) is 5.56 Å². The molecule has 20 heavy (non-hydrogen) atoms. The molecule has 0 radical (unpaired) electrons. The van der Waals surface area contributed by atoms with E-state index in [1.807, 2.05) is 45.0 Å². The molecule has 0 spiro atoms. The van der Waals surface area contributed by atoms with Crippen LogP contribution in [0.3, 0.4) is 0 Å². The summed E-state index contributed by atoms with van der Waals surface area (Å²) in [6, 6.07) is 9.81. The van der Waals surface area contributed by atoms with Gasteiger partial charge in [-0.05, 0) is 50.1 Å². The molecule has 3 nitrogen and oxygen atoms in total. The van der Waals surface area contributed by atoms with Crippen LogP contribution in [0.5, 0.6) is 23.0 Å². The first kappa shape index (κ1) is 14.3. The highest BCUT2D eigenvalue weighted by Crippen LogP contribution is 2.38. The van der Waals surface area contributed by atoms with Crippen molar-refractivity contribution in [1.29, 1.82) is 0 Å². The van der Waals surface area contributed by atoms with Crippen LogP contribution in [0.2, 0.25) is 0 Å². The fraction of sp³-hybridized carbons (Fsp3) is 0.294. The molecule has 0 fully saturated rings. The molecule has 0 amide bonds. The molecule has 0 bridgehead atoms. The van der Waals surface area contributed by atoms with E-state index in [1.165, 1.54) is 0 Å². The summed E-state index contributed by atoms with van der Waals surface area (Å²) in [5.41, 5.74) is 3.16. The zero-order valence-corrected chi connectivity index (χ0v) is 12.6. The van der Waals surface area contributed by atoms with Crippen molar-refractivity contribution in [3.05, 3.63) is 47.0 Å². The molecule has 0 heterocycles. The van der Waals surface area contributed by atoms with Gasteiger partial charge in [0.2, 0.25) is 0 Å². The largest absolute Gasteiger partial charge is 0.496 e. The second-order valence-corrected chi connectivity index (χ2v) is 4.80. The smallest absolute Gasteiger partial charge is 0.169 e. The number of hydrogen-bond donors (Lipinski definition) is 0. The van der Waals surface area contributed by atoms with E-state index in [0.29, 0.717) is 0 Å². The highest BCUT2D eigenvalue weighted by Gasteiger charge is 2.12. The van der Waals surface area contributed by atoms with Gasteiger partial charge in [0.05, 0.1) is 14.2 Å². The highest BCUT2D eigenvalue weighted by atomic mass is 16.5. The Hall–Kier alpha value is -2.16. The molecule has 3 heteroatoms. The van der Waals surface area contributed by atoms with Gasteiger partial charge < -0.3 is 14.2 Å². The van der Waals surface area contributed by atoms with Crippen LogP contribution in [0.25, 0.3) is 0 Å². The Labute approximate surface area is 120 Å². The summed E-state index contributed by atoms with van der Waals surface area (Å²) in [5.74, 6) is 3.07. The van der Waals surface area contributed by atoms with Crippen molar-refractivity contribution in [2.24, 2.45) is 0 Å². The second-order valence-electron chi connectivity index (χ2n) is 4.80. The first-order valence-corrected chi connectivity index (χ1v) is 6.53. The third-order valence-electron chi connectivity index (χ3n) is 3.26. The fourth-order valence-corrected chi connectivity index (χ4v) is 2.30. The Morgan fingerprint density at radius 3 is 2.15 bits per heavy atom. The number of rotatable bonds is 4. The fourth-order valence-electron chi connectivity index (χ4n) is 2.30. The number of benzene rings is 2. The standard InChI is InChI=1S/C17H20O3/c1-11-9-12(2)17(19-5)16(10-11)20-15-8-6-7-14(18-4)13(15)3/h6-10H,1-5H3. The minimum atomic E-state index is 0.723. The molecule has 0 aromatic heterocycles. The van der Waals surface area contributed by atoms with Crippen molar-refractivity contribution >= 4 is 0 Å². The molecule has 0 unspecified atom stereocenters. The molecule has 0 aliphatic carbocycles. The second kappa shape index (κ2) is 5.87. The predicted molar refractivity (Wildman–Crippen MR) is 80.3 cm³/mol. The van der Waals surface area contributed by atoms with Gasteiger partial charge in [0.1, 0.15) is 11.5 Å². The molecule has 0 atom stereocenters. The van der Waals surface area contributed by atoms with E-state index in [4.69, 9.17) is 14.2 Å². The monoisotopic (exact) mass is 272 g/mol. The van der Waals surface area contributed by atoms with Crippen LogP contribution in [0.1, 0.15) is 16.7 Å². The highest BCUT2D eigenvalue weighted by molar-refractivity contribution is 5.52. The Balaban J connectivity index is 2.45. The Morgan fingerprint density at radius 1 is 0.800 bits per heavy atom. The maximum absolute atomic E-state index is 6.03. The molecule has 0 saturated carbocycles. The zero-order valence-electron chi connectivity index (χ0n) is 12.6. The van der Waals surface area contributed by atoms with Crippen LogP contribution in [0, 0.1) is 20.8 Å². The van der Waals surface area contributed by atoms with Crippen LogP contribution >= 0.6 is 0 Å². The molecule has 106 valence electrons. The summed E-state index contributed by atoms with van der Waals surface area (Å²) in [4.78, 5) is 0. The maximum atomic E-state index is 6.03. The van der Waals surface area contributed by atoms with Crippen molar-refractivity contribution in [2.75, 3.05) is 14.2 Å². The van der Waals surface area contributed by atoms with E-state index in [2.05, 4.69) is 6.07 Å². The van der Waals surface area contributed by atoms with E-state index in [1.54, 1.807) is 14.2 Å². The Kier molecular flexibility index (Phi) is 4.18. The minimum absolute atomic E-state index is 0.723. The number of aryl methyl sites for hydroxylation is 2. The van der Waals surface area contributed by atoms with Gasteiger partial charge in [-0.1, -0.05) is 12.1 Å². The number of ether oxygens (including phenoxy) is 3. The minimum Gasteiger partial charge on any atom is -0.496 e. The third-order valence-corrected chi connectivity index (χ3v) is 3.26. The summed E-state index contributed by atoms with van der Waals surface area (Å²) in [5, 5.41) is 0. The number of hydrogen-bond acceptors (Lipinski definition) is 3. The quantitative estimate of drug-likeness (QED) is 0.824. The first-order valence-electron chi connectivity index (χ1n) is 6.53. The SMILES string of the molecule is COc1cccc(Oc2cc(C)cc(C)c2OC)c1C. The predicted octanol–water partition coefficient (Wildman–Crippen LogP) is 4.42. The average Bonchev–Trinajstić information content (AvgIpc) is 2.41. The molecule has 2 rings (SSSR count). The lowest BCUT2D eigenvalue weighted by atomic mass is 10.1. The maximum Gasteiger partial charge on any atom is 0.169 e. The molecule has 0 aliphatic rings. The summed E-state index contributed by atoms with van der Waals surface area (Å²) in [6.45, 7) is 6.03. The van der Waals surface area contributed by atoms with Crippen molar-refractivity contribution in [1.82, 2.24) is 0 Å². The zero-order chi connectivity index (χ0) is 14.7. The van der Waals surface area contributed by atoms with E-state index in [0.717, 1.165) is 39.7 Å². The normalized spacial score (nSPS) is 10.2. The van der Waals surface area contributed by atoms with E-state index >= 15 is 0 Å². The van der Waals surface area contributed by atoms with Gasteiger partial charge in [0.25, 0.3) is 0 Å². The molecule has 2 aromatic rings. The van der Waals surface area contributed by atoms with Crippen molar-refractivity contribution < 1.29 is 14.2 Å². The molecule has 0 saturated heterocycles. The third kappa shape index (κ3) is 2.72. The topological polar surface area (TPSA) is 27.7 Å². The van der Waals surface area contributed by atoms with Crippen LogP contribution in [0.15, 0.2) is 30.3 Å². The first-order chi connectivity index (χ1) is 9.56. The van der Waals surface area contributed by atoms with Crippen LogP contribution in [0.4, 0.5) is 0 Å². The molecular weight excluding hydrogens is 252 g/mol.